The summed E-state index contributed by atoms with van der Waals surface area (Å²) in [5.41, 5.74) is -0.0313. The first-order valence-corrected chi connectivity index (χ1v) is 7.92. The van der Waals surface area contributed by atoms with E-state index in [9.17, 15) is 30.6 Å². The Morgan fingerprint density at radius 1 is 0.654 bits per heavy atom. The van der Waals surface area contributed by atoms with Crippen molar-refractivity contribution in [1.29, 1.82) is 0 Å². The van der Waals surface area contributed by atoms with Gasteiger partial charge in [0, 0.05) is 0 Å². The molecule has 8 heteroatoms. The van der Waals surface area contributed by atoms with Crippen LogP contribution in [0.15, 0.2) is 36.4 Å². The van der Waals surface area contributed by atoms with Crippen molar-refractivity contribution in [2.45, 2.75) is 38.6 Å². The minimum absolute atomic E-state index is 0.0157. The summed E-state index contributed by atoms with van der Waals surface area (Å²) in [6, 6.07) is 8.41. The van der Waals surface area contributed by atoms with Gasteiger partial charge in [-0.15, -0.1) is 0 Å². The van der Waals surface area contributed by atoms with Crippen LogP contribution in [0, 0.1) is 0 Å². The zero-order chi connectivity index (χ0) is 19.4. The summed E-state index contributed by atoms with van der Waals surface area (Å²) in [4.78, 5) is 0. The van der Waals surface area contributed by atoms with Crippen LogP contribution in [0.4, 0.5) is 0 Å². The van der Waals surface area contributed by atoms with Crippen LogP contribution in [0.1, 0.15) is 13.8 Å². The Kier molecular flexibility index (Phi) is 6.27. The molecule has 8 nitrogen and oxygen atoms in total. The Bertz CT molecular complexity index is 680. The highest BCUT2D eigenvalue weighted by atomic mass is 16.6. The number of phenols is 2. The molecule has 142 valence electrons. The van der Waals surface area contributed by atoms with E-state index in [1.54, 1.807) is 0 Å². The molecule has 0 saturated carbocycles. The molecule has 6 N–H and O–H groups in total. The van der Waals surface area contributed by atoms with Gasteiger partial charge in [-0.05, 0) is 38.1 Å². The van der Waals surface area contributed by atoms with Crippen LogP contribution in [-0.2, 0) is 0 Å². The lowest BCUT2D eigenvalue weighted by Gasteiger charge is -2.22. The third kappa shape index (κ3) is 4.36. The Morgan fingerprint density at radius 2 is 1.00 bits per heavy atom. The monoisotopic (exact) mass is 366 g/mol. The van der Waals surface area contributed by atoms with Crippen LogP contribution in [0.25, 0.3) is 11.1 Å². The zero-order valence-electron chi connectivity index (χ0n) is 14.3. The number of phenolic OH excluding ortho intramolecular Hbond substituents is 2. The van der Waals surface area contributed by atoms with Gasteiger partial charge in [-0.2, -0.15) is 0 Å². The molecule has 0 heterocycles. The van der Waals surface area contributed by atoms with Gasteiger partial charge in [0.15, 0.2) is 0 Å². The molecule has 0 radical (unpaired) electrons. The highest BCUT2D eigenvalue weighted by Gasteiger charge is 2.24. The Balaban J connectivity index is 2.57. The molecule has 2 aromatic rings. The highest BCUT2D eigenvalue weighted by Crippen LogP contribution is 2.47. The van der Waals surface area contributed by atoms with Gasteiger partial charge in [0.1, 0.15) is 35.2 Å². The predicted octanol–water partition coefficient (Wildman–Crippen LogP) is 0.921. The van der Waals surface area contributed by atoms with Gasteiger partial charge in [0.05, 0.1) is 11.1 Å². The first-order chi connectivity index (χ1) is 12.2. The van der Waals surface area contributed by atoms with Crippen LogP contribution in [0.3, 0.4) is 0 Å². The third-order valence-electron chi connectivity index (χ3n) is 3.58. The molecule has 0 amide bonds. The molecule has 0 bridgehead atoms. The van der Waals surface area contributed by atoms with E-state index in [1.165, 1.54) is 50.2 Å². The normalized spacial score (nSPS) is 15.8. The molecule has 0 unspecified atom stereocenters. The molecule has 0 fully saturated rings. The molecule has 0 saturated heterocycles. The van der Waals surface area contributed by atoms with Crippen molar-refractivity contribution >= 4 is 0 Å². The van der Waals surface area contributed by atoms with E-state index in [-0.39, 0.29) is 34.1 Å². The summed E-state index contributed by atoms with van der Waals surface area (Å²) in [7, 11) is 0. The summed E-state index contributed by atoms with van der Waals surface area (Å²) < 4.78 is 10.5. The number of rotatable bonds is 7. The van der Waals surface area contributed by atoms with Crippen LogP contribution < -0.4 is 9.47 Å². The topological polar surface area (TPSA) is 140 Å². The number of ether oxygens (including phenoxy) is 2. The van der Waals surface area contributed by atoms with E-state index >= 15 is 0 Å². The fourth-order valence-electron chi connectivity index (χ4n) is 2.20. The maximum Gasteiger partial charge on any atom is 0.223 e. The van der Waals surface area contributed by atoms with Crippen LogP contribution in [0.2, 0.25) is 0 Å². The largest absolute Gasteiger partial charge is 0.507 e. The molecule has 2 aromatic carbocycles. The van der Waals surface area contributed by atoms with Gasteiger partial charge in [0.2, 0.25) is 12.6 Å². The van der Waals surface area contributed by atoms with Gasteiger partial charge >= 0.3 is 0 Å². The lowest BCUT2D eigenvalue weighted by Crippen LogP contribution is -2.29. The van der Waals surface area contributed by atoms with Gasteiger partial charge in [-0.3, -0.25) is 0 Å². The molecular weight excluding hydrogens is 344 g/mol. The summed E-state index contributed by atoms with van der Waals surface area (Å²) in [5.74, 6) is -0.649. The highest BCUT2D eigenvalue weighted by molar-refractivity contribution is 5.85. The van der Waals surface area contributed by atoms with E-state index in [4.69, 9.17) is 9.47 Å². The zero-order valence-corrected chi connectivity index (χ0v) is 14.3. The first kappa shape index (κ1) is 19.8. The minimum Gasteiger partial charge on any atom is -0.507 e. The van der Waals surface area contributed by atoms with Crippen molar-refractivity contribution in [1.82, 2.24) is 0 Å². The van der Waals surface area contributed by atoms with Gasteiger partial charge in [0.25, 0.3) is 0 Å². The van der Waals surface area contributed by atoms with Crippen molar-refractivity contribution in [3.05, 3.63) is 36.4 Å². The van der Waals surface area contributed by atoms with Crippen LogP contribution in [-0.4, -0.2) is 55.4 Å². The van der Waals surface area contributed by atoms with Crippen molar-refractivity contribution in [2.24, 2.45) is 0 Å². The number of hydrogen-bond acceptors (Lipinski definition) is 8. The van der Waals surface area contributed by atoms with Crippen molar-refractivity contribution in [3.63, 3.8) is 0 Å². The Morgan fingerprint density at radius 3 is 1.31 bits per heavy atom. The van der Waals surface area contributed by atoms with Crippen molar-refractivity contribution in [2.75, 3.05) is 0 Å². The average Bonchev–Trinajstić information content (AvgIpc) is 2.56. The molecule has 0 aliphatic carbocycles. The fourth-order valence-corrected chi connectivity index (χ4v) is 2.20. The number of aliphatic hydroxyl groups excluding tert-OH is 4. The quantitative estimate of drug-likeness (QED) is 0.398. The standard InChI is InChI=1S/C18H22O8/c1-9(19)17(23)25-13-7-3-5-11(21)15(13)16-12(22)6-4-8-14(16)26-18(24)10(2)20/h3-10,17-24H,1-2H3/t9-,10-,17+,18+/m0/s1. The molecule has 0 aromatic heterocycles. The molecule has 0 aliphatic rings. The minimum atomic E-state index is -1.58. The summed E-state index contributed by atoms with van der Waals surface area (Å²) in [6.45, 7) is 2.64. The Hall–Kier alpha value is -2.52. The molecule has 26 heavy (non-hydrogen) atoms. The second kappa shape index (κ2) is 8.24. The van der Waals surface area contributed by atoms with Gasteiger partial charge in [-0.25, -0.2) is 0 Å². The summed E-state index contributed by atoms with van der Waals surface area (Å²) >= 11 is 0. The summed E-state index contributed by atoms with van der Waals surface area (Å²) in [5, 5.41) is 59.0. The maximum atomic E-state index is 10.3. The number of aromatic hydroxyl groups is 2. The number of hydrogen-bond donors (Lipinski definition) is 6. The fraction of sp³-hybridized carbons (Fsp3) is 0.333. The van der Waals surface area contributed by atoms with E-state index < -0.39 is 24.8 Å². The van der Waals surface area contributed by atoms with Crippen LogP contribution >= 0.6 is 0 Å². The van der Waals surface area contributed by atoms with Gasteiger partial charge in [-0.1, -0.05) is 12.1 Å². The molecule has 0 spiro atoms. The van der Waals surface area contributed by atoms with E-state index in [1.807, 2.05) is 0 Å². The van der Waals surface area contributed by atoms with Crippen molar-refractivity contribution in [3.8, 4) is 34.1 Å². The number of benzene rings is 2. The van der Waals surface area contributed by atoms with E-state index in [0.717, 1.165) is 0 Å². The van der Waals surface area contributed by atoms with E-state index in [0.29, 0.717) is 0 Å². The first-order valence-electron chi connectivity index (χ1n) is 7.92. The Labute approximate surface area is 150 Å². The van der Waals surface area contributed by atoms with Crippen LogP contribution in [0.5, 0.6) is 23.0 Å². The summed E-state index contributed by atoms with van der Waals surface area (Å²) in [6.07, 6.45) is -5.56. The van der Waals surface area contributed by atoms with E-state index in [2.05, 4.69) is 0 Å². The predicted molar refractivity (Wildman–Crippen MR) is 91.8 cm³/mol. The third-order valence-corrected chi connectivity index (χ3v) is 3.58. The average molecular weight is 366 g/mol. The molecule has 2 rings (SSSR count). The number of aliphatic hydroxyl groups is 4. The second-order valence-corrected chi connectivity index (χ2v) is 5.80. The van der Waals surface area contributed by atoms with Gasteiger partial charge < -0.3 is 40.1 Å². The molecular formula is C18H22O8. The SMILES string of the molecule is C[C@H](O)[C@H](O)Oc1cccc(O)c1-c1c(O)cccc1O[C@@H](O)[C@H](C)O. The second-order valence-electron chi connectivity index (χ2n) is 5.80. The molecule has 4 atom stereocenters. The smallest absolute Gasteiger partial charge is 0.223 e. The molecule has 0 aliphatic heterocycles. The lowest BCUT2D eigenvalue weighted by atomic mass is 10.0. The maximum absolute atomic E-state index is 10.3. The van der Waals surface area contributed by atoms with Crippen molar-refractivity contribution < 1.29 is 40.1 Å². The lowest BCUT2D eigenvalue weighted by molar-refractivity contribution is -0.0966.